The molecule has 1 rings (SSSR count). The van der Waals surface area contributed by atoms with Crippen LogP contribution in [0.15, 0.2) is 10.2 Å². The van der Waals surface area contributed by atoms with Crippen molar-refractivity contribution in [3.05, 3.63) is 0 Å². The van der Waals surface area contributed by atoms with Crippen LogP contribution in [-0.2, 0) is 0 Å². The minimum absolute atomic E-state index is 0.0995. The first-order valence-corrected chi connectivity index (χ1v) is 4.43. The molecule has 0 aliphatic carbocycles. The number of aliphatic hydroxyl groups is 2. The van der Waals surface area contributed by atoms with Gasteiger partial charge in [-0.1, -0.05) is 13.3 Å². The van der Waals surface area contributed by atoms with Crippen molar-refractivity contribution >= 4 is 0 Å². The number of azo groups is 1. The third-order valence-corrected chi connectivity index (χ3v) is 2.37. The summed E-state index contributed by atoms with van der Waals surface area (Å²) in [6.45, 7) is 2.53. The molecule has 0 aromatic heterocycles. The fourth-order valence-electron chi connectivity index (χ4n) is 1.48. The van der Waals surface area contributed by atoms with Crippen LogP contribution in [0.5, 0.6) is 0 Å². The van der Waals surface area contributed by atoms with Crippen LogP contribution in [0, 0.1) is 0 Å². The molecule has 0 saturated heterocycles. The van der Waals surface area contributed by atoms with Gasteiger partial charge in [0.2, 0.25) is 0 Å². The molecule has 70 valence electrons. The van der Waals surface area contributed by atoms with Gasteiger partial charge in [0.05, 0.1) is 19.3 Å². The Balaban J connectivity index is 2.59. The average molecular weight is 172 g/mol. The third-order valence-electron chi connectivity index (χ3n) is 2.37. The lowest BCUT2D eigenvalue weighted by atomic mass is 9.89. The SMILES string of the molecule is CCC[C@@H](O)[C@]1(CO)CCN=N1. The smallest absolute Gasteiger partial charge is 0.132 e. The highest BCUT2D eigenvalue weighted by molar-refractivity contribution is 4.96. The summed E-state index contributed by atoms with van der Waals surface area (Å²) < 4.78 is 0. The summed E-state index contributed by atoms with van der Waals surface area (Å²) in [6, 6.07) is 0. The van der Waals surface area contributed by atoms with Crippen molar-refractivity contribution in [2.24, 2.45) is 10.2 Å². The Hall–Kier alpha value is -0.480. The topological polar surface area (TPSA) is 65.2 Å². The lowest BCUT2D eigenvalue weighted by Gasteiger charge is -2.27. The number of rotatable bonds is 4. The van der Waals surface area contributed by atoms with Crippen molar-refractivity contribution in [2.45, 2.75) is 37.8 Å². The fraction of sp³-hybridized carbons (Fsp3) is 1.00. The van der Waals surface area contributed by atoms with Crippen LogP contribution in [0.25, 0.3) is 0 Å². The molecule has 0 spiro atoms. The molecule has 1 aliphatic heterocycles. The first-order valence-electron chi connectivity index (χ1n) is 4.43. The molecule has 0 amide bonds. The molecule has 0 aromatic carbocycles. The Labute approximate surface area is 72.3 Å². The van der Waals surface area contributed by atoms with Gasteiger partial charge in [-0.15, -0.1) is 0 Å². The molecule has 1 heterocycles. The van der Waals surface area contributed by atoms with E-state index >= 15 is 0 Å². The van der Waals surface area contributed by atoms with Gasteiger partial charge in [0.1, 0.15) is 5.54 Å². The van der Waals surface area contributed by atoms with Gasteiger partial charge in [0, 0.05) is 6.42 Å². The molecular weight excluding hydrogens is 156 g/mol. The van der Waals surface area contributed by atoms with Crippen molar-refractivity contribution in [3.8, 4) is 0 Å². The van der Waals surface area contributed by atoms with E-state index in [0.717, 1.165) is 6.42 Å². The maximum atomic E-state index is 9.69. The minimum atomic E-state index is -0.685. The molecule has 2 N–H and O–H groups in total. The average Bonchev–Trinajstić information content (AvgIpc) is 2.54. The summed E-state index contributed by atoms with van der Waals surface area (Å²) >= 11 is 0. The van der Waals surface area contributed by atoms with Crippen LogP contribution < -0.4 is 0 Å². The summed E-state index contributed by atoms with van der Waals surface area (Å²) in [6.07, 6.45) is 1.71. The maximum Gasteiger partial charge on any atom is 0.132 e. The molecular formula is C8H16N2O2. The van der Waals surface area contributed by atoms with Gasteiger partial charge in [-0.05, 0) is 6.42 Å². The minimum Gasteiger partial charge on any atom is -0.394 e. The van der Waals surface area contributed by atoms with Crippen LogP contribution in [0.2, 0.25) is 0 Å². The fourth-order valence-corrected chi connectivity index (χ4v) is 1.48. The second kappa shape index (κ2) is 3.96. The van der Waals surface area contributed by atoms with Gasteiger partial charge in [-0.3, -0.25) is 0 Å². The normalized spacial score (nSPS) is 30.9. The molecule has 0 fully saturated rings. The number of hydrogen-bond donors (Lipinski definition) is 2. The largest absolute Gasteiger partial charge is 0.394 e. The van der Waals surface area contributed by atoms with E-state index in [4.69, 9.17) is 5.11 Å². The van der Waals surface area contributed by atoms with E-state index in [9.17, 15) is 5.11 Å². The maximum absolute atomic E-state index is 9.69. The summed E-state index contributed by atoms with van der Waals surface area (Å²) in [4.78, 5) is 0. The highest BCUT2D eigenvalue weighted by Crippen LogP contribution is 2.28. The second-order valence-corrected chi connectivity index (χ2v) is 3.28. The second-order valence-electron chi connectivity index (χ2n) is 3.28. The predicted octanol–water partition coefficient (Wildman–Crippen LogP) is 0.734. The van der Waals surface area contributed by atoms with E-state index in [2.05, 4.69) is 10.2 Å². The Kier molecular flexibility index (Phi) is 3.17. The Morgan fingerprint density at radius 1 is 1.58 bits per heavy atom. The van der Waals surface area contributed by atoms with Gasteiger partial charge >= 0.3 is 0 Å². The summed E-state index contributed by atoms with van der Waals surface area (Å²) in [7, 11) is 0. The van der Waals surface area contributed by atoms with Crippen LogP contribution in [-0.4, -0.2) is 35.0 Å². The van der Waals surface area contributed by atoms with E-state index in [0.29, 0.717) is 19.4 Å². The van der Waals surface area contributed by atoms with Crippen LogP contribution in [0.1, 0.15) is 26.2 Å². The Morgan fingerprint density at radius 2 is 2.33 bits per heavy atom. The number of aliphatic hydroxyl groups excluding tert-OH is 2. The van der Waals surface area contributed by atoms with E-state index in [1.165, 1.54) is 0 Å². The van der Waals surface area contributed by atoms with Crippen LogP contribution in [0.3, 0.4) is 0 Å². The molecule has 0 unspecified atom stereocenters. The van der Waals surface area contributed by atoms with Gasteiger partial charge in [-0.25, -0.2) is 0 Å². The Bertz CT molecular complexity index is 172. The van der Waals surface area contributed by atoms with Gasteiger partial charge in [-0.2, -0.15) is 10.2 Å². The standard InChI is InChI=1S/C8H16N2O2/c1-2-3-7(12)8(6-11)4-5-9-10-8/h7,11-12H,2-6H2,1H3/t7-,8-/m1/s1. The number of hydrogen-bond acceptors (Lipinski definition) is 4. The molecule has 1 aliphatic rings. The highest BCUT2D eigenvalue weighted by Gasteiger charge is 2.39. The first kappa shape index (κ1) is 9.61. The van der Waals surface area contributed by atoms with Crippen molar-refractivity contribution < 1.29 is 10.2 Å². The van der Waals surface area contributed by atoms with Crippen molar-refractivity contribution in [1.29, 1.82) is 0 Å². The zero-order chi connectivity index (χ0) is 9.03. The molecule has 0 bridgehead atoms. The van der Waals surface area contributed by atoms with Gasteiger partial charge < -0.3 is 10.2 Å². The quantitative estimate of drug-likeness (QED) is 0.656. The zero-order valence-corrected chi connectivity index (χ0v) is 7.40. The molecule has 0 radical (unpaired) electrons. The summed E-state index contributed by atoms with van der Waals surface area (Å²) in [5.41, 5.74) is -0.685. The van der Waals surface area contributed by atoms with Crippen LogP contribution in [0.4, 0.5) is 0 Å². The van der Waals surface area contributed by atoms with Crippen LogP contribution >= 0.6 is 0 Å². The lowest BCUT2D eigenvalue weighted by Crippen LogP contribution is -2.42. The van der Waals surface area contributed by atoms with E-state index in [1.807, 2.05) is 6.92 Å². The first-order chi connectivity index (χ1) is 5.75. The Morgan fingerprint density at radius 3 is 2.75 bits per heavy atom. The molecule has 0 saturated carbocycles. The molecule has 2 atom stereocenters. The monoisotopic (exact) mass is 172 g/mol. The van der Waals surface area contributed by atoms with E-state index < -0.39 is 11.6 Å². The molecule has 4 nitrogen and oxygen atoms in total. The van der Waals surface area contributed by atoms with E-state index in [-0.39, 0.29) is 6.61 Å². The van der Waals surface area contributed by atoms with Gasteiger partial charge in [0.15, 0.2) is 0 Å². The highest BCUT2D eigenvalue weighted by atomic mass is 16.3. The lowest BCUT2D eigenvalue weighted by molar-refractivity contribution is 0.0396. The molecule has 0 aromatic rings. The van der Waals surface area contributed by atoms with Gasteiger partial charge in [0.25, 0.3) is 0 Å². The third kappa shape index (κ3) is 1.64. The van der Waals surface area contributed by atoms with Crippen molar-refractivity contribution in [1.82, 2.24) is 0 Å². The predicted molar refractivity (Wildman–Crippen MR) is 45.1 cm³/mol. The van der Waals surface area contributed by atoms with E-state index in [1.54, 1.807) is 0 Å². The molecule has 4 heteroatoms. The zero-order valence-electron chi connectivity index (χ0n) is 7.40. The number of nitrogens with zero attached hydrogens (tertiary/aromatic N) is 2. The van der Waals surface area contributed by atoms with Crippen molar-refractivity contribution in [2.75, 3.05) is 13.2 Å². The molecule has 12 heavy (non-hydrogen) atoms. The summed E-state index contributed by atoms with van der Waals surface area (Å²) in [5.74, 6) is 0. The van der Waals surface area contributed by atoms with Crippen molar-refractivity contribution in [3.63, 3.8) is 0 Å². The summed E-state index contributed by atoms with van der Waals surface area (Å²) in [5, 5.41) is 26.5.